The first-order valence-electron chi connectivity index (χ1n) is 11.8. The summed E-state index contributed by atoms with van der Waals surface area (Å²) in [6, 6.07) is 24.4. The van der Waals surface area contributed by atoms with E-state index < -0.39 is 6.04 Å². The number of aromatic nitrogens is 2. The lowest BCUT2D eigenvalue weighted by molar-refractivity contribution is -0.113. The fourth-order valence-corrected chi connectivity index (χ4v) is 4.33. The molecule has 0 radical (unpaired) electrons. The van der Waals surface area contributed by atoms with Crippen molar-refractivity contribution in [1.29, 1.82) is 0 Å². The third kappa shape index (κ3) is 4.51. The largest absolute Gasteiger partial charge is 0.343 e. The minimum atomic E-state index is -0.508. The number of benzene rings is 3. The summed E-state index contributed by atoms with van der Waals surface area (Å²) in [5, 5.41) is 13.8. The lowest BCUT2D eigenvalue weighted by Gasteiger charge is -2.30. The summed E-state index contributed by atoms with van der Waals surface area (Å²) in [5.41, 5.74) is 6.11. The topological polar surface area (TPSA) is 88.0 Å². The summed E-state index contributed by atoms with van der Waals surface area (Å²) in [6.07, 6.45) is 1.54. The quantitative estimate of drug-likeness (QED) is 0.345. The van der Waals surface area contributed by atoms with Crippen molar-refractivity contribution in [3.05, 3.63) is 119 Å². The highest BCUT2D eigenvalue weighted by Crippen LogP contribution is 2.38. The Balaban J connectivity index is 1.53. The molecule has 2 amide bonds. The Morgan fingerprint density at radius 2 is 1.36 bits per heavy atom. The lowest BCUT2D eigenvalue weighted by Crippen LogP contribution is -2.32. The van der Waals surface area contributed by atoms with Gasteiger partial charge in [0.05, 0.1) is 11.8 Å². The molecule has 7 nitrogen and oxygen atoms in total. The van der Waals surface area contributed by atoms with Gasteiger partial charge in [-0.2, -0.15) is 5.10 Å². The fraction of sp³-hybridized carbons (Fsp3) is 0.138. The average Bonchev–Trinajstić information content (AvgIpc) is 3.29. The van der Waals surface area contributed by atoms with E-state index in [-0.39, 0.29) is 11.8 Å². The molecule has 0 fully saturated rings. The second-order valence-electron chi connectivity index (χ2n) is 8.97. The predicted molar refractivity (Wildman–Crippen MR) is 142 cm³/mol. The van der Waals surface area contributed by atoms with E-state index in [4.69, 9.17) is 0 Å². The summed E-state index contributed by atoms with van der Waals surface area (Å²) >= 11 is 0. The molecule has 0 saturated heterocycles. The van der Waals surface area contributed by atoms with Crippen LogP contribution in [0, 0.1) is 13.8 Å². The minimum absolute atomic E-state index is 0.233. The van der Waals surface area contributed by atoms with Crippen LogP contribution >= 0.6 is 0 Å². The average molecular weight is 478 g/mol. The van der Waals surface area contributed by atoms with Crippen molar-refractivity contribution in [2.45, 2.75) is 26.8 Å². The van der Waals surface area contributed by atoms with Gasteiger partial charge in [0.25, 0.3) is 11.8 Å². The maximum Gasteiger partial charge on any atom is 0.261 e. The van der Waals surface area contributed by atoms with E-state index in [1.54, 1.807) is 10.9 Å². The number of carbonyl (C=O) groups is 2. The van der Waals surface area contributed by atoms with E-state index >= 15 is 0 Å². The maximum atomic E-state index is 13.5. The number of aryl methyl sites for hydroxylation is 2. The van der Waals surface area contributed by atoms with Crippen LogP contribution in [0.3, 0.4) is 0 Å². The van der Waals surface area contributed by atoms with Gasteiger partial charge in [0.2, 0.25) is 0 Å². The van der Waals surface area contributed by atoms with Gasteiger partial charge >= 0.3 is 0 Å². The van der Waals surface area contributed by atoms with E-state index in [1.807, 2.05) is 99.6 Å². The molecule has 1 aliphatic heterocycles. The number of hydrogen-bond donors (Lipinski definition) is 3. The van der Waals surface area contributed by atoms with Gasteiger partial charge in [0, 0.05) is 17.1 Å². The van der Waals surface area contributed by atoms with Crippen LogP contribution in [0.1, 0.15) is 40.0 Å². The lowest BCUT2D eigenvalue weighted by atomic mass is 9.94. The van der Waals surface area contributed by atoms with Crippen LogP contribution < -0.4 is 16.0 Å². The predicted octanol–water partition coefficient (Wildman–Crippen LogP) is 5.68. The highest BCUT2D eigenvalue weighted by molar-refractivity contribution is 6.09. The van der Waals surface area contributed by atoms with Crippen LogP contribution in [0.4, 0.5) is 17.2 Å². The molecule has 1 atom stereocenters. The van der Waals surface area contributed by atoms with Gasteiger partial charge in [0.1, 0.15) is 17.4 Å². The molecule has 1 aromatic heterocycles. The van der Waals surface area contributed by atoms with Crippen LogP contribution in [-0.2, 0) is 4.79 Å². The van der Waals surface area contributed by atoms with Gasteiger partial charge in [-0.3, -0.25) is 9.59 Å². The number of carbonyl (C=O) groups excluding carboxylic acids is 2. The van der Waals surface area contributed by atoms with E-state index in [0.29, 0.717) is 34.0 Å². The van der Waals surface area contributed by atoms with E-state index in [9.17, 15) is 9.59 Å². The summed E-state index contributed by atoms with van der Waals surface area (Å²) in [4.78, 5) is 26.7. The van der Waals surface area contributed by atoms with Crippen LogP contribution in [0.2, 0.25) is 0 Å². The molecule has 0 unspecified atom stereocenters. The van der Waals surface area contributed by atoms with E-state index in [1.165, 1.54) is 0 Å². The number of allylic oxidation sites excluding steroid dienone is 1. The highest BCUT2D eigenvalue weighted by atomic mass is 16.2. The Bertz CT molecular complexity index is 1450. The first kappa shape index (κ1) is 23.1. The normalized spacial score (nSPS) is 14.6. The first-order chi connectivity index (χ1) is 17.4. The Morgan fingerprint density at radius 1 is 0.778 bits per heavy atom. The van der Waals surface area contributed by atoms with Crippen molar-refractivity contribution in [2.24, 2.45) is 0 Å². The molecule has 2 heterocycles. The van der Waals surface area contributed by atoms with Gasteiger partial charge in [0.15, 0.2) is 0 Å². The smallest absolute Gasteiger partial charge is 0.261 e. The van der Waals surface area contributed by atoms with E-state index in [2.05, 4.69) is 21.0 Å². The number of nitrogens with one attached hydrogen (secondary N) is 3. The second kappa shape index (κ2) is 9.54. The molecule has 4 aromatic rings. The van der Waals surface area contributed by atoms with Gasteiger partial charge in [-0.15, -0.1) is 0 Å². The van der Waals surface area contributed by atoms with Crippen molar-refractivity contribution in [1.82, 2.24) is 9.78 Å². The van der Waals surface area contributed by atoms with Crippen molar-refractivity contribution in [2.75, 3.05) is 16.0 Å². The molecular weight excluding hydrogens is 450 g/mol. The van der Waals surface area contributed by atoms with Crippen LogP contribution in [0.5, 0.6) is 0 Å². The van der Waals surface area contributed by atoms with Crippen molar-refractivity contribution in [3.8, 4) is 0 Å². The third-order valence-electron chi connectivity index (χ3n) is 6.25. The number of rotatable bonds is 5. The fourth-order valence-electron chi connectivity index (χ4n) is 4.33. The number of nitrogens with zero attached hydrogens (tertiary/aromatic N) is 2. The standard InChI is InChI=1S/C29H27N5O2/c1-18-9-13-21(14-10-18)26-25(29(36)33-22-7-5-4-6-8-22)20(3)31-27-24(17-30-34(26)27)28(35)32-23-15-11-19(2)12-16-23/h4-17,26,31H,1-3H3,(H,32,35)(H,33,36)/t26-/m0/s1. The number of hydrogen-bond acceptors (Lipinski definition) is 4. The number of amides is 2. The molecule has 180 valence electrons. The minimum Gasteiger partial charge on any atom is -0.343 e. The number of anilines is 3. The highest BCUT2D eigenvalue weighted by Gasteiger charge is 2.35. The Kier molecular flexibility index (Phi) is 6.12. The van der Waals surface area contributed by atoms with Gasteiger partial charge in [-0.05, 0) is 50.6 Å². The number of para-hydroxylation sites is 1. The third-order valence-corrected chi connectivity index (χ3v) is 6.25. The molecule has 5 rings (SSSR count). The molecule has 7 heteroatoms. The van der Waals surface area contributed by atoms with Gasteiger partial charge < -0.3 is 16.0 Å². The van der Waals surface area contributed by atoms with Crippen molar-refractivity contribution < 1.29 is 9.59 Å². The monoisotopic (exact) mass is 477 g/mol. The molecule has 0 bridgehead atoms. The Labute approximate surface area is 209 Å². The summed E-state index contributed by atoms with van der Waals surface area (Å²) in [6.45, 7) is 5.86. The molecule has 1 aliphatic rings. The molecule has 0 spiro atoms. The van der Waals surface area contributed by atoms with Crippen molar-refractivity contribution in [3.63, 3.8) is 0 Å². The molecular formula is C29H27N5O2. The summed E-state index contributed by atoms with van der Waals surface area (Å²) < 4.78 is 1.71. The van der Waals surface area contributed by atoms with Crippen LogP contribution in [0.15, 0.2) is 96.3 Å². The Morgan fingerprint density at radius 3 is 2.03 bits per heavy atom. The molecule has 0 aliphatic carbocycles. The Hall–Kier alpha value is -4.65. The van der Waals surface area contributed by atoms with E-state index in [0.717, 1.165) is 16.7 Å². The first-order valence-corrected chi connectivity index (χ1v) is 11.8. The maximum absolute atomic E-state index is 13.5. The SMILES string of the molecule is CC1=C(C(=O)Nc2ccccc2)[C@H](c2ccc(C)cc2)n2ncc(C(=O)Nc3ccc(C)cc3)c2N1. The molecule has 3 aromatic carbocycles. The van der Waals surface area contributed by atoms with Crippen molar-refractivity contribution >= 4 is 29.0 Å². The zero-order chi connectivity index (χ0) is 25.2. The number of fused-ring (bicyclic) bond motifs is 1. The van der Waals surface area contributed by atoms with Gasteiger partial charge in [-0.1, -0.05) is 65.7 Å². The molecule has 3 N–H and O–H groups in total. The zero-order valence-corrected chi connectivity index (χ0v) is 20.4. The van der Waals surface area contributed by atoms with Crippen LogP contribution in [-0.4, -0.2) is 21.6 Å². The van der Waals surface area contributed by atoms with Gasteiger partial charge in [-0.25, -0.2) is 4.68 Å². The second-order valence-corrected chi connectivity index (χ2v) is 8.97. The molecule has 0 saturated carbocycles. The zero-order valence-electron chi connectivity index (χ0n) is 20.4. The molecule has 36 heavy (non-hydrogen) atoms. The summed E-state index contributed by atoms with van der Waals surface area (Å²) in [5.74, 6) is 0.0303. The van der Waals surface area contributed by atoms with Crippen LogP contribution in [0.25, 0.3) is 0 Å². The summed E-state index contributed by atoms with van der Waals surface area (Å²) in [7, 11) is 0.